The van der Waals surface area contributed by atoms with Gasteiger partial charge in [0.1, 0.15) is 5.60 Å². The summed E-state index contributed by atoms with van der Waals surface area (Å²) in [6.07, 6.45) is 8.61. The lowest BCUT2D eigenvalue weighted by Crippen LogP contribution is -2.52. The van der Waals surface area contributed by atoms with Gasteiger partial charge in [-0.05, 0) is 62.8 Å². The van der Waals surface area contributed by atoms with Crippen molar-refractivity contribution >= 4 is 11.9 Å². The van der Waals surface area contributed by atoms with E-state index in [0.717, 1.165) is 30.4 Å². The van der Waals surface area contributed by atoms with Gasteiger partial charge in [0.2, 0.25) is 11.7 Å². The van der Waals surface area contributed by atoms with Crippen molar-refractivity contribution in [1.29, 1.82) is 0 Å². The van der Waals surface area contributed by atoms with Gasteiger partial charge < -0.3 is 14.6 Å². The van der Waals surface area contributed by atoms with Crippen LogP contribution in [0.2, 0.25) is 0 Å². The topological polar surface area (TPSA) is 120 Å². The van der Waals surface area contributed by atoms with E-state index in [1.807, 2.05) is 24.3 Å². The van der Waals surface area contributed by atoms with Crippen molar-refractivity contribution in [3.05, 3.63) is 83.5 Å². The van der Waals surface area contributed by atoms with Gasteiger partial charge in [-0.1, -0.05) is 88.5 Å². The molecule has 45 heavy (non-hydrogen) atoms. The summed E-state index contributed by atoms with van der Waals surface area (Å²) >= 11 is 0. The Morgan fingerprint density at radius 3 is 1.98 bits per heavy atom. The average molecular weight is 612 g/mol. The van der Waals surface area contributed by atoms with Gasteiger partial charge in [0.15, 0.2) is 11.4 Å². The molecule has 0 aliphatic rings. The molecule has 2 aromatic carbocycles. The minimum atomic E-state index is -1.46. The van der Waals surface area contributed by atoms with Gasteiger partial charge >= 0.3 is 5.97 Å². The zero-order valence-corrected chi connectivity index (χ0v) is 27.7. The van der Waals surface area contributed by atoms with Gasteiger partial charge in [0.25, 0.3) is 5.91 Å². The fourth-order valence-electron chi connectivity index (χ4n) is 4.76. The number of aromatic nitrogens is 4. The van der Waals surface area contributed by atoms with Crippen LogP contribution in [0.15, 0.2) is 65.4 Å². The molecule has 0 saturated heterocycles. The predicted molar refractivity (Wildman–Crippen MR) is 174 cm³/mol. The fourth-order valence-corrected chi connectivity index (χ4v) is 4.76. The molecule has 0 aliphatic heterocycles. The molecule has 0 bridgehead atoms. The van der Waals surface area contributed by atoms with Gasteiger partial charge in [-0.3, -0.25) is 4.79 Å². The van der Waals surface area contributed by atoms with E-state index < -0.39 is 17.1 Å². The number of ether oxygens (including phenoxy) is 1. The number of esters is 1. The molecule has 0 fully saturated rings. The maximum atomic E-state index is 13.6. The van der Waals surface area contributed by atoms with Crippen LogP contribution in [-0.2, 0) is 26.9 Å². The van der Waals surface area contributed by atoms with Crippen LogP contribution in [0.4, 0.5) is 0 Å². The number of carbonyl (C=O) groups excluding carboxylic acids is 2. The maximum Gasteiger partial charge on any atom is 0.336 e. The van der Waals surface area contributed by atoms with Crippen molar-refractivity contribution in [3.63, 3.8) is 0 Å². The first-order valence-corrected chi connectivity index (χ1v) is 15.6. The van der Waals surface area contributed by atoms with Crippen LogP contribution in [0.25, 0.3) is 22.8 Å². The molecular weight excluding hydrogens is 566 g/mol. The largest absolute Gasteiger partial charge is 0.458 e. The SMILES string of the molecule is CCCCCCc1nc(-c2cnc(-c3ccc([C@](C)(NC(=O)c4ccc(C(C)(C)C)cc4)C(=O)OC(C)(C)C)cc3)nc2)no1. The lowest BCUT2D eigenvalue weighted by molar-refractivity contribution is -0.162. The van der Waals surface area contributed by atoms with Crippen LogP contribution in [0.1, 0.15) is 108 Å². The van der Waals surface area contributed by atoms with Crippen molar-refractivity contribution in [3.8, 4) is 22.8 Å². The van der Waals surface area contributed by atoms with E-state index in [1.165, 1.54) is 12.8 Å². The van der Waals surface area contributed by atoms with Crippen molar-refractivity contribution in [2.75, 3.05) is 0 Å². The standard InChI is InChI=1S/C36H45N5O4/c1-9-10-11-12-13-29-39-31(41-45-29)26-22-37-30(38-23-26)24-14-20-28(21-15-24)36(8,33(43)44-35(5,6)7)40-32(42)25-16-18-27(19-17-25)34(2,3)4/h14-23H,9-13H2,1-8H3,(H,40,42)/t36-/m0/s1. The molecule has 0 spiro atoms. The summed E-state index contributed by atoms with van der Waals surface area (Å²) < 4.78 is 11.2. The first-order valence-electron chi connectivity index (χ1n) is 15.6. The van der Waals surface area contributed by atoms with Crippen LogP contribution in [-0.4, -0.2) is 37.6 Å². The maximum absolute atomic E-state index is 13.6. The number of carbonyl (C=O) groups is 2. The zero-order chi connectivity index (χ0) is 32.8. The van der Waals surface area contributed by atoms with Gasteiger partial charge in [0.05, 0.1) is 5.56 Å². The summed E-state index contributed by atoms with van der Waals surface area (Å²) in [5, 5.41) is 7.03. The summed E-state index contributed by atoms with van der Waals surface area (Å²) in [5.41, 5.74) is 1.28. The quantitative estimate of drug-likeness (QED) is 0.136. The predicted octanol–water partition coefficient (Wildman–Crippen LogP) is 7.60. The summed E-state index contributed by atoms with van der Waals surface area (Å²) in [6, 6.07) is 14.6. The van der Waals surface area contributed by atoms with Gasteiger partial charge in [-0.15, -0.1) is 0 Å². The second kappa shape index (κ2) is 13.7. The third kappa shape index (κ3) is 8.62. The van der Waals surface area contributed by atoms with E-state index in [0.29, 0.717) is 34.2 Å². The Morgan fingerprint density at radius 1 is 0.778 bits per heavy atom. The molecule has 1 N–H and O–H groups in total. The summed E-state index contributed by atoms with van der Waals surface area (Å²) in [7, 11) is 0. The monoisotopic (exact) mass is 611 g/mol. The first-order chi connectivity index (χ1) is 21.2. The third-order valence-electron chi connectivity index (χ3n) is 7.53. The molecule has 1 amide bonds. The zero-order valence-electron chi connectivity index (χ0n) is 27.7. The molecular formula is C36H45N5O4. The number of unbranched alkanes of at least 4 members (excludes halogenated alkanes) is 3. The molecule has 0 radical (unpaired) electrons. The highest BCUT2D eigenvalue weighted by molar-refractivity contribution is 5.98. The number of amides is 1. The highest BCUT2D eigenvalue weighted by atomic mass is 16.6. The van der Waals surface area contributed by atoms with Crippen LogP contribution in [0, 0.1) is 0 Å². The number of benzene rings is 2. The molecule has 9 nitrogen and oxygen atoms in total. The van der Waals surface area contributed by atoms with Gasteiger partial charge in [-0.25, -0.2) is 14.8 Å². The Morgan fingerprint density at radius 2 is 1.40 bits per heavy atom. The third-order valence-corrected chi connectivity index (χ3v) is 7.53. The molecule has 2 aromatic heterocycles. The molecule has 9 heteroatoms. The van der Waals surface area contributed by atoms with E-state index in [-0.39, 0.29) is 11.3 Å². The number of aryl methyl sites for hydroxylation is 1. The molecule has 1 atom stereocenters. The second-order valence-corrected chi connectivity index (χ2v) is 13.6. The highest BCUT2D eigenvalue weighted by Crippen LogP contribution is 2.29. The van der Waals surface area contributed by atoms with Crippen molar-refractivity contribution in [2.24, 2.45) is 0 Å². The lowest BCUT2D eigenvalue weighted by atomic mass is 9.86. The Hall–Kier alpha value is -4.40. The Bertz CT molecular complexity index is 1580. The number of hydrogen-bond acceptors (Lipinski definition) is 8. The second-order valence-electron chi connectivity index (χ2n) is 13.6. The number of rotatable bonds is 11. The minimum Gasteiger partial charge on any atom is -0.458 e. The van der Waals surface area contributed by atoms with E-state index in [1.54, 1.807) is 64.4 Å². The van der Waals surface area contributed by atoms with Crippen LogP contribution in [0.3, 0.4) is 0 Å². The summed E-state index contributed by atoms with van der Waals surface area (Å²) in [4.78, 5) is 40.5. The van der Waals surface area contributed by atoms with E-state index in [9.17, 15) is 9.59 Å². The van der Waals surface area contributed by atoms with E-state index >= 15 is 0 Å². The lowest BCUT2D eigenvalue weighted by Gasteiger charge is -2.33. The van der Waals surface area contributed by atoms with E-state index in [2.05, 4.69) is 53.1 Å². The van der Waals surface area contributed by atoms with Gasteiger partial charge in [0, 0.05) is 29.9 Å². The Labute approximate surface area is 266 Å². The highest BCUT2D eigenvalue weighted by Gasteiger charge is 2.40. The van der Waals surface area contributed by atoms with Crippen molar-refractivity contribution in [2.45, 2.75) is 104 Å². The molecule has 4 aromatic rings. The number of nitrogens with zero attached hydrogens (tertiary/aromatic N) is 4. The Kier molecular flexibility index (Phi) is 10.2. The molecule has 0 aliphatic carbocycles. The molecule has 0 saturated carbocycles. The first kappa shape index (κ1) is 33.5. The molecule has 238 valence electrons. The van der Waals surface area contributed by atoms with Crippen LogP contribution < -0.4 is 5.32 Å². The van der Waals surface area contributed by atoms with E-state index in [4.69, 9.17) is 9.26 Å². The van der Waals surface area contributed by atoms with Crippen LogP contribution in [0.5, 0.6) is 0 Å². The van der Waals surface area contributed by atoms with Gasteiger partial charge in [-0.2, -0.15) is 4.98 Å². The number of nitrogens with one attached hydrogen (secondary N) is 1. The fraction of sp³-hybridized carbons (Fsp3) is 0.444. The summed E-state index contributed by atoms with van der Waals surface area (Å²) in [5.74, 6) is 0.628. The van der Waals surface area contributed by atoms with Crippen molar-refractivity contribution < 1.29 is 18.8 Å². The normalized spacial score (nSPS) is 13.2. The number of hydrogen-bond donors (Lipinski definition) is 1. The van der Waals surface area contributed by atoms with Crippen LogP contribution >= 0.6 is 0 Å². The minimum absolute atomic E-state index is 0.0457. The smallest absolute Gasteiger partial charge is 0.336 e. The molecule has 4 rings (SSSR count). The average Bonchev–Trinajstić information content (AvgIpc) is 3.47. The van der Waals surface area contributed by atoms with Crippen molar-refractivity contribution in [1.82, 2.24) is 25.4 Å². The Balaban J connectivity index is 1.53. The molecule has 2 heterocycles. The summed E-state index contributed by atoms with van der Waals surface area (Å²) in [6.45, 7) is 15.6. The molecule has 0 unspecified atom stereocenters.